The molecule has 0 spiro atoms. The second-order valence-electron chi connectivity index (χ2n) is 4.69. The number of ketones is 1. The zero-order valence-corrected chi connectivity index (χ0v) is 11.2. The minimum Gasteiger partial charge on any atom is -0.312 e. The van der Waals surface area contributed by atoms with E-state index in [0.717, 1.165) is 13.1 Å². The summed E-state index contributed by atoms with van der Waals surface area (Å²) in [5, 5.41) is 3.27. The highest BCUT2D eigenvalue weighted by Gasteiger charge is 1.98. The second-order valence-corrected chi connectivity index (χ2v) is 4.69. The summed E-state index contributed by atoms with van der Waals surface area (Å²) in [5.74, 6) is 0.229. The van der Waals surface area contributed by atoms with Gasteiger partial charge in [-0.05, 0) is 23.6 Å². The molecule has 0 aliphatic heterocycles. The van der Waals surface area contributed by atoms with Gasteiger partial charge in [-0.3, -0.25) is 4.79 Å². The molecule has 0 fully saturated rings. The molecule has 2 heteroatoms. The molecule has 0 radical (unpaired) electrons. The van der Waals surface area contributed by atoms with Crippen molar-refractivity contribution in [3.05, 3.63) is 60.2 Å². The summed E-state index contributed by atoms with van der Waals surface area (Å²) in [7, 11) is 0. The molecule has 2 nitrogen and oxygen atoms in total. The molecular formula is C17H19NO. The van der Waals surface area contributed by atoms with E-state index in [2.05, 4.69) is 41.7 Å². The van der Waals surface area contributed by atoms with Gasteiger partial charge < -0.3 is 5.32 Å². The second kappa shape index (κ2) is 6.86. The van der Waals surface area contributed by atoms with Crippen LogP contribution in [0.2, 0.25) is 0 Å². The average molecular weight is 253 g/mol. The van der Waals surface area contributed by atoms with Crippen LogP contribution in [0.5, 0.6) is 0 Å². The molecule has 0 saturated heterocycles. The van der Waals surface area contributed by atoms with Gasteiger partial charge in [0.2, 0.25) is 0 Å². The van der Waals surface area contributed by atoms with Gasteiger partial charge in [0.25, 0.3) is 0 Å². The van der Waals surface area contributed by atoms with Crippen LogP contribution in [0.25, 0.3) is 11.1 Å². The van der Waals surface area contributed by atoms with E-state index in [1.807, 2.05) is 18.2 Å². The monoisotopic (exact) mass is 253 g/mol. The first-order valence-electron chi connectivity index (χ1n) is 6.60. The van der Waals surface area contributed by atoms with Crippen molar-refractivity contribution in [1.29, 1.82) is 0 Å². The highest BCUT2D eigenvalue weighted by Crippen LogP contribution is 2.19. The van der Waals surface area contributed by atoms with E-state index in [1.54, 1.807) is 6.92 Å². The van der Waals surface area contributed by atoms with E-state index in [0.29, 0.717) is 6.42 Å². The zero-order chi connectivity index (χ0) is 13.5. The van der Waals surface area contributed by atoms with Gasteiger partial charge in [0.15, 0.2) is 0 Å². The fourth-order valence-electron chi connectivity index (χ4n) is 1.94. The Bertz CT molecular complexity index is 517. The topological polar surface area (TPSA) is 29.1 Å². The molecule has 19 heavy (non-hydrogen) atoms. The SMILES string of the molecule is CC(=O)CCNCc1ccc(-c2ccccc2)cc1. The minimum absolute atomic E-state index is 0.229. The van der Waals surface area contributed by atoms with Crippen molar-refractivity contribution >= 4 is 5.78 Å². The summed E-state index contributed by atoms with van der Waals surface area (Å²) >= 11 is 0. The quantitative estimate of drug-likeness (QED) is 0.799. The maximum atomic E-state index is 10.8. The van der Waals surface area contributed by atoms with Gasteiger partial charge in [0, 0.05) is 19.5 Å². The van der Waals surface area contributed by atoms with Gasteiger partial charge in [-0.1, -0.05) is 54.6 Å². The first-order valence-corrected chi connectivity index (χ1v) is 6.60. The molecule has 2 rings (SSSR count). The third kappa shape index (κ3) is 4.34. The molecule has 0 saturated carbocycles. The Morgan fingerprint density at radius 3 is 2.21 bits per heavy atom. The number of benzene rings is 2. The number of carbonyl (C=O) groups excluding carboxylic acids is 1. The smallest absolute Gasteiger partial charge is 0.131 e. The van der Waals surface area contributed by atoms with Crippen LogP contribution >= 0.6 is 0 Å². The standard InChI is InChI=1S/C17H19NO/c1-14(19)11-12-18-13-15-7-9-17(10-8-15)16-5-3-2-4-6-16/h2-10,18H,11-13H2,1H3. The van der Waals surface area contributed by atoms with Gasteiger partial charge >= 0.3 is 0 Å². The van der Waals surface area contributed by atoms with Crippen molar-refractivity contribution < 1.29 is 4.79 Å². The maximum absolute atomic E-state index is 10.8. The summed E-state index contributed by atoms with van der Waals surface area (Å²) < 4.78 is 0. The minimum atomic E-state index is 0.229. The molecule has 2 aromatic rings. The Hall–Kier alpha value is -1.93. The van der Waals surface area contributed by atoms with E-state index in [1.165, 1.54) is 16.7 Å². The van der Waals surface area contributed by atoms with Gasteiger partial charge in [-0.2, -0.15) is 0 Å². The van der Waals surface area contributed by atoms with Crippen molar-refractivity contribution in [1.82, 2.24) is 5.32 Å². The molecule has 0 atom stereocenters. The van der Waals surface area contributed by atoms with E-state index < -0.39 is 0 Å². The Morgan fingerprint density at radius 2 is 1.58 bits per heavy atom. The molecule has 0 aliphatic rings. The molecule has 0 unspecified atom stereocenters. The van der Waals surface area contributed by atoms with Crippen molar-refractivity contribution in [2.45, 2.75) is 19.9 Å². The zero-order valence-electron chi connectivity index (χ0n) is 11.2. The highest BCUT2D eigenvalue weighted by molar-refractivity contribution is 5.75. The molecule has 1 N–H and O–H groups in total. The van der Waals surface area contributed by atoms with Crippen molar-refractivity contribution in [2.24, 2.45) is 0 Å². The molecule has 0 aromatic heterocycles. The van der Waals surface area contributed by atoms with Crippen LogP contribution < -0.4 is 5.32 Å². The Balaban J connectivity index is 1.90. The van der Waals surface area contributed by atoms with E-state index in [-0.39, 0.29) is 5.78 Å². The van der Waals surface area contributed by atoms with Crippen molar-refractivity contribution in [3.8, 4) is 11.1 Å². The van der Waals surface area contributed by atoms with Crippen LogP contribution in [0, 0.1) is 0 Å². The summed E-state index contributed by atoms with van der Waals surface area (Å²) in [6, 6.07) is 18.9. The van der Waals surface area contributed by atoms with Crippen LogP contribution in [-0.2, 0) is 11.3 Å². The Labute approximate surface area is 114 Å². The highest BCUT2D eigenvalue weighted by atomic mass is 16.1. The van der Waals surface area contributed by atoms with Gasteiger partial charge in [0.05, 0.1) is 0 Å². The van der Waals surface area contributed by atoms with E-state index >= 15 is 0 Å². The molecule has 0 aliphatic carbocycles. The number of rotatable bonds is 6. The number of Topliss-reactive ketones (excluding diaryl/α,β-unsaturated/α-hetero) is 1. The normalized spacial score (nSPS) is 10.4. The van der Waals surface area contributed by atoms with Crippen LogP contribution in [-0.4, -0.2) is 12.3 Å². The summed E-state index contributed by atoms with van der Waals surface area (Å²) in [6.45, 7) is 3.18. The third-order valence-corrected chi connectivity index (χ3v) is 3.04. The predicted molar refractivity (Wildman–Crippen MR) is 78.9 cm³/mol. The maximum Gasteiger partial charge on any atom is 0.131 e. The first-order chi connectivity index (χ1) is 9.25. The predicted octanol–water partition coefficient (Wildman–Crippen LogP) is 3.42. The van der Waals surface area contributed by atoms with Gasteiger partial charge in [-0.25, -0.2) is 0 Å². The number of hydrogen-bond acceptors (Lipinski definition) is 2. The largest absolute Gasteiger partial charge is 0.312 e. The summed E-state index contributed by atoms with van der Waals surface area (Å²) in [5.41, 5.74) is 3.70. The van der Waals surface area contributed by atoms with E-state index in [4.69, 9.17) is 0 Å². The summed E-state index contributed by atoms with van der Waals surface area (Å²) in [4.78, 5) is 10.8. The van der Waals surface area contributed by atoms with Crippen LogP contribution in [0.3, 0.4) is 0 Å². The number of hydrogen-bond donors (Lipinski definition) is 1. The lowest BCUT2D eigenvalue weighted by atomic mass is 10.0. The lowest BCUT2D eigenvalue weighted by Crippen LogP contribution is -2.16. The molecule has 0 amide bonds. The Morgan fingerprint density at radius 1 is 0.947 bits per heavy atom. The molecule has 0 heterocycles. The van der Waals surface area contributed by atoms with Crippen LogP contribution in [0.15, 0.2) is 54.6 Å². The lowest BCUT2D eigenvalue weighted by molar-refractivity contribution is -0.116. The van der Waals surface area contributed by atoms with Crippen LogP contribution in [0.4, 0.5) is 0 Å². The van der Waals surface area contributed by atoms with Crippen molar-refractivity contribution in [3.63, 3.8) is 0 Å². The van der Waals surface area contributed by atoms with Gasteiger partial charge in [-0.15, -0.1) is 0 Å². The first kappa shape index (κ1) is 13.5. The molecule has 98 valence electrons. The number of nitrogens with one attached hydrogen (secondary N) is 1. The average Bonchev–Trinajstić information content (AvgIpc) is 2.45. The molecule has 2 aromatic carbocycles. The van der Waals surface area contributed by atoms with Crippen molar-refractivity contribution in [2.75, 3.05) is 6.54 Å². The number of carbonyl (C=O) groups is 1. The third-order valence-electron chi connectivity index (χ3n) is 3.04. The lowest BCUT2D eigenvalue weighted by Gasteiger charge is -2.06. The van der Waals surface area contributed by atoms with E-state index in [9.17, 15) is 4.79 Å². The fourth-order valence-corrected chi connectivity index (χ4v) is 1.94. The van der Waals surface area contributed by atoms with Crippen LogP contribution in [0.1, 0.15) is 18.9 Å². The molecule has 0 bridgehead atoms. The molecular weight excluding hydrogens is 234 g/mol. The Kier molecular flexibility index (Phi) is 4.87. The fraction of sp³-hybridized carbons (Fsp3) is 0.235. The summed E-state index contributed by atoms with van der Waals surface area (Å²) in [6.07, 6.45) is 0.599. The van der Waals surface area contributed by atoms with Gasteiger partial charge in [0.1, 0.15) is 5.78 Å².